The summed E-state index contributed by atoms with van der Waals surface area (Å²) in [6, 6.07) is 9.37. The van der Waals surface area contributed by atoms with Gasteiger partial charge in [0.15, 0.2) is 5.82 Å². The molecule has 4 rings (SSSR count). The van der Waals surface area contributed by atoms with Crippen molar-refractivity contribution in [2.24, 2.45) is 5.92 Å². The first-order valence-electron chi connectivity index (χ1n) is 11.1. The van der Waals surface area contributed by atoms with Crippen LogP contribution in [-0.4, -0.2) is 61.1 Å². The minimum Gasteiger partial charge on any atom is -0.497 e. The van der Waals surface area contributed by atoms with E-state index in [2.05, 4.69) is 25.7 Å². The maximum absolute atomic E-state index is 12.4. The van der Waals surface area contributed by atoms with Gasteiger partial charge in [0, 0.05) is 25.2 Å². The number of rotatable bonds is 9. The van der Waals surface area contributed by atoms with Gasteiger partial charge in [-0.1, -0.05) is 11.8 Å². The summed E-state index contributed by atoms with van der Waals surface area (Å²) >= 11 is 1.31. The summed E-state index contributed by atoms with van der Waals surface area (Å²) in [6.45, 7) is 1.52. The fourth-order valence-corrected chi connectivity index (χ4v) is 4.36. The molecule has 0 radical (unpaired) electrons. The lowest BCUT2D eigenvalue weighted by Crippen LogP contribution is -2.44. The molecule has 1 aliphatic carbocycles. The van der Waals surface area contributed by atoms with E-state index in [0.717, 1.165) is 38.0 Å². The molecule has 1 saturated heterocycles. The molecule has 176 valence electrons. The Balaban J connectivity index is 1.29. The second-order valence-corrected chi connectivity index (χ2v) is 9.20. The normalized spacial score (nSPS) is 17.9. The van der Waals surface area contributed by atoms with Crippen molar-refractivity contribution >= 4 is 35.1 Å². The number of amides is 2. The molecule has 33 heavy (non-hydrogen) atoms. The molecule has 0 bridgehead atoms. The summed E-state index contributed by atoms with van der Waals surface area (Å²) in [7, 11) is 3.12. The van der Waals surface area contributed by atoms with Crippen LogP contribution in [-0.2, 0) is 9.59 Å². The summed E-state index contributed by atoms with van der Waals surface area (Å²) < 4.78 is 10.5. The number of hydrogen-bond donors (Lipinski definition) is 2. The number of hydrogen-bond acceptors (Lipinski definition) is 8. The SMILES string of the molecule is COc1ccc(OC)c(NC(=O)CSc2ccc(N3CCCC(C(=O)NC4CC4)C3)nn2)c1. The largest absolute Gasteiger partial charge is 0.497 e. The first-order chi connectivity index (χ1) is 16.1. The topological polar surface area (TPSA) is 106 Å². The van der Waals surface area contributed by atoms with Gasteiger partial charge < -0.3 is 25.0 Å². The van der Waals surface area contributed by atoms with Crippen molar-refractivity contribution in [1.29, 1.82) is 0 Å². The van der Waals surface area contributed by atoms with Crippen molar-refractivity contribution in [3.8, 4) is 11.5 Å². The molecule has 1 unspecified atom stereocenters. The lowest BCUT2D eigenvalue weighted by molar-refractivity contribution is -0.125. The Morgan fingerprint density at radius 1 is 1.12 bits per heavy atom. The molecule has 2 heterocycles. The summed E-state index contributed by atoms with van der Waals surface area (Å²) in [5.41, 5.74) is 0.550. The minimum atomic E-state index is -0.182. The third kappa shape index (κ3) is 6.28. The van der Waals surface area contributed by atoms with Gasteiger partial charge in [-0.25, -0.2) is 0 Å². The summed E-state index contributed by atoms with van der Waals surface area (Å²) in [6.07, 6.45) is 4.05. The number of piperidine rings is 1. The molecule has 1 aromatic carbocycles. The zero-order valence-corrected chi connectivity index (χ0v) is 19.7. The molecule has 2 aromatic rings. The number of aromatic nitrogens is 2. The number of anilines is 2. The van der Waals surface area contributed by atoms with E-state index in [0.29, 0.717) is 34.8 Å². The summed E-state index contributed by atoms with van der Waals surface area (Å²) in [5.74, 6) is 2.09. The second kappa shape index (κ2) is 10.7. The highest BCUT2D eigenvalue weighted by atomic mass is 32.2. The van der Waals surface area contributed by atoms with Gasteiger partial charge in [-0.3, -0.25) is 9.59 Å². The highest BCUT2D eigenvalue weighted by molar-refractivity contribution is 7.99. The number of carbonyl (C=O) groups excluding carboxylic acids is 2. The van der Waals surface area contributed by atoms with E-state index in [9.17, 15) is 9.59 Å². The zero-order chi connectivity index (χ0) is 23.2. The van der Waals surface area contributed by atoms with Gasteiger partial charge in [0.2, 0.25) is 11.8 Å². The van der Waals surface area contributed by atoms with Crippen molar-refractivity contribution in [3.05, 3.63) is 30.3 Å². The molecule has 2 aliphatic rings. The van der Waals surface area contributed by atoms with E-state index in [1.807, 2.05) is 12.1 Å². The monoisotopic (exact) mass is 471 g/mol. The Morgan fingerprint density at radius 2 is 1.97 bits per heavy atom. The van der Waals surface area contributed by atoms with Gasteiger partial charge in [0.05, 0.1) is 31.6 Å². The van der Waals surface area contributed by atoms with Crippen LogP contribution in [0.4, 0.5) is 11.5 Å². The second-order valence-electron chi connectivity index (χ2n) is 8.20. The molecule has 1 aromatic heterocycles. The van der Waals surface area contributed by atoms with E-state index in [1.54, 1.807) is 32.4 Å². The molecule has 2 N–H and O–H groups in total. The number of thioether (sulfide) groups is 1. The van der Waals surface area contributed by atoms with Crippen LogP contribution in [0.15, 0.2) is 35.4 Å². The quantitative estimate of drug-likeness (QED) is 0.538. The molecule has 2 amide bonds. The van der Waals surface area contributed by atoms with Gasteiger partial charge in [-0.05, 0) is 49.9 Å². The Kier molecular flexibility index (Phi) is 7.54. The number of methoxy groups -OCH3 is 2. The summed E-state index contributed by atoms with van der Waals surface area (Å²) in [5, 5.41) is 15.2. The minimum absolute atomic E-state index is 0.00694. The van der Waals surface area contributed by atoms with Crippen LogP contribution in [0, 0.1) is 5.92 Å². The van der Waals surface area contributed by atoms with Gasteiger partial charge in [0.25, 0.3) is 0 Å². The van der Waals surface area contributed by atoms with Crippen LogP contribution in [0.3, 0.4) is 0 Å². The molecule has 2 fully saturated rings. The molecule has 9 nitrogen and oxygen atoms in total. The number of nitrogens with one attached hydrogen (secondary N) is 2. The third-order valence-electron chi connectivity index (χ3n) is 5.70. The lowest BCUT2D eigenvalue weighted by atomic mass is 9.97. The Hall–Kier alpha value is -3.01. The summed E-state index contributed by atoms with van der Waals surface area (Å²) in [4.78, 5) is 26.9. The average molecular weight is 472 g/mol. The van der Waals surface area contributed by atoms with Crippen LogP contribution in [0.25, 0.3) is 0 Å². The van der Waals surface area contributed by atoms with Gasteiger partial charge in [-0.2, -0.15) is 0 Å². The zero-order valence-electron chi connectivity index (χ0n) is 18.9. The van der Waals surface area contributed by atoms with Crippen molar-refractivity contribution in [2.75, 3.05) is 43.3 Å². The van der Waals surface area contributed by atoms with Gasteiger partial charge in [0.1, 0.15) is 16.5 Å². The van der Waals surface area contributed by atoms with E-state index in [4.69, 9.17) is 9.47 Å². The third-order valence-corrected chi connectivity index (χ3v) is 6.62. The molecule has 1 atom stereocenters. The number of ether oxygens (including phenoxy) is 2. The van der Waals surface area contributed by atoms with Gasteiger partial charge in [-0.15, -0.1) is 10.2 Å². The molecular formula is C23H29N5O4S. The molecule has 1 aliphatic heterocycles. The predicted octanol–water partition coefficient (Wildman–Crippen LogP) is 2.72. The molecular weight excluding hydrogens is 442 g/mol. The molecule has 10 heteroatoms. The number of carbonyl (C=O) groups is 2. The predicted molar refractivity (Wildman–Crippen MR) is 127 cm³/mol. The average Bonchev–Trinajstić information content (AvgIpc) is 3.67. The van der Waals surface area contributed by atoms with Crippen LogP contribution in [0.5, 0.6) is 11.5 Å². The standard InChI is InChI=1S/C23H29N5O4S/c1-31-17-7-8-19(32-2)18(12-17)25-21(29)14-33-22-10-9-20(26-27-22)28-11-3-4-15(13-28)23(30)24-16-5-6-16/h7-10,12,15-16H,3-6,11,13-14H2,1-2H3,(H,24,30)(H,25,29). The van der Waals surface area contributed by atoms with Crippen molar-refractivity contribution < 1.29 is 19.1 Å². The van der Waals surface area contributed by atoms with Gasteiger partial charge >= 0.3 is 0 Å². The smallest absolute Gasteiger partial charge is 0.234 e. The molecule has 1 saturated carbocycles. The van der Waals surface area contributed by atoms with E-state index < -0.39 is 0 Å². The van der Waals surface area contributed by atoms with Crippen LogP contribution in [0.1, 0.15) is 25.7 Å². The first kappa shape index (κ1) is 23.2. The van der Waals surface area contributed by atoms with Crippen LogP contribution < -0.4 is 25.0 Å². The van der Waals surface area contributed by atoms with E-state index in [1.165, 1.54) is 11.8 Å². The van der Waals surface area contributed by atoms with Crippen molar-refractivity contribution in [3.63, 3.8) is 0 Å². The maximum Gasteiger partial charge on any atom is 0.234 e. The fourth-order valence-electron chi connectivity index (χ4n) is 3.74. The highest BCUT2D eigenvalue weighted by Gasteiger charge is 2.31. The van der Waals surface area contributed by atoms with Crippen LogP contribution >= 0.6 is 11.8 Å². The Labute approximate surface area is 197 Å². The van der Waals surface area contributed by atoms with Crippen molar-refractivity contribution in [2.45, 2.75) is 36.8 Å². The number of nitrogens with zero attached hydrogens (tertiary/aromatic N) is 3. The van der Waals surface area contributed by atoms with Crippen molar-refractivity contribution in [1.82, 2.24) is 15.5 Å². The lowest BCUT2D eigenvalue weighted by Gasteiger charge is -2.32. The van der Waals surface area contributed by atoms with Crippen LogP contribution in [0.2, 0.25) is 0 Å². The first-order valence-corrected chi connectivity index (χ1v) is 12.1. The maximum atomic E-state index is 12.4. The fraction of sp³-hybridized carbons (Fsp3) is 0.478. The Bertz CT molecular complexity index is 983. The Morgan fingerprint density at radius 3 is 2.67 bits per heavy atom. The van der Waals surface area contributed by atoms with E-state index in [-0.39, 0.29) is 23.5 Å². The number of benzene rings is 1. The molecule has 0 spiro atoms. The highest BCUT2D eigenvalue weighted by Crippen LogP contribution is 2.29. The van der Waals surface area contributed by atoms with E-state index >= 15 is 0 Å².